The average Bonchev–Trinajstić information content (AvgIpc) is 2.91. The van der Waals surface area contributed by atoms with Crippen LogP contribution in [-0.2, 0) is 16.0 Å². The summed E-state index contributed by atoms with van der Waals surface area (Å²) in [7, 11) is 0. The third-order valence-corrected chi connectivity index (χ3v) is 6.49. The van der Waals surface area contributed by atoms with Gasteiger partial charge in [-0.1, -0.05) is 60.2 Å². The van der Waals surface area contributed by atoms with E-state index in [0.29, 0.717) is 25.3 Å². The van der Waals surface area contributed by atoms with Crippen molar-refractivity contribution < 1.29 is 29.3 Å². The van der Waals surface area contributed by atoms with E-state index in [0.717, 1.165) is 40.4 Å². The summed E-state index contributed by atoms with van der Waals surface area (Å²) in [6.45, 7) is 1.20. The first-order chi connectivity index (χ1) is 18.4. The highest BCUT2D eigenvalue weighted by Gasteiger charge is 2.31. The van der Waals surface area contributed by atoms with Gasteiger partial charge in [0.15, 0.2) is 5.75 Å². The number of anilines is 1. The quantitative estimate of drug-likeness (QED) is 0.215. The Kier molecular flexibility index (Phi) is 9.27. The van der Waals surface area contributed by atoms with Gasteiger partial charge in [-0.15, -0.1) is 0 Å². The maximum atomic E-state index is 11.7. The smallest absolute Gasteiger partial charge is 0.346 e. The highest BCUT2D eigenvalue weighted by atomic mass is 35.5. The molecule has 0 saturated heterocycles. The van der Waals surface area contributed by atoms with Crippen LogP contribution in [-0.4, -0.2) is 48.0 Å². The molecule has 1 unspecified atom stereocenters. The van der Waals surface area contributed by atoms with Crippen LogP contribution in [0.4, 0.5) is 5.69 Å². The summed E-state index contributed by atoms with van der Waals surface area (Å²) in [4.78, 5) is 24.5. The lowest BCUT2D eigenvalue weighted by molar-refractivity contribution is -0.145. The first kappa shape index (κ1) is 27.1. The van der Waals surface area contributed by atoms with Crippen LogP contribution in [0.3, 0.4) is 0 Å². The number of carboxylic acid groups (broad SMARTS) is 2. The van der Waals surface area contributed by atoms with Crippen molar-refractivity contribution in [1.82, 2.24) is 0 Å². The molecule has 0 fully saturated rings. The molecule has 4 rings (SSSR count). The van der Waals surface area contributed by atoms with Crippen molar-refractivity contribution in [2.24, 2.45) is 0 Å². The van der Waals surface area contributed by atoms with Crippen molar-refractivity contribution >= 4 is 41.4 Å². The Morgan fingerprint density at radius 2 is 1.76 bits per heavy atom. The number of ether oxygens (including phenoxy) is 2. The van der Waals surface area contributed by atoms with Crippen LogP contribution < -0.4 is 14.4 Å². The standard InChI is InChI=1S/C30H30ClNO6/c31-24-14-9-21(10-15-24)4-3-19-37-25-16-11-22(12-17-25)8-13-23-5-1-6-26-29(23)38-27(30(35)36)20-32(26)18-2-7-28(33)34/h1,5-6,8-17,27H,2-4,7,18-20H2,(H,33,34)(H,35,36)/b13-8+. The lowest BCUT2D eigenvalue weighted by Gasteiger charge is -2.35. The molecule has 38 heavy (non-hydrogen) atoms. The first-order valence-electron chi connectivity index (χ1n) is 12.5. The van der Waals surface area contributed by atoms with Crippen LogP contribution in [0.25, 0.3) is 12.2 Å². The molecule has 2 N–H and O–H groups in total. The van der Waals surface area contributed by atoms with Crippen LogP contribution in [0.1, 0.15) is 36.0 Å². The highest BCUT2D eigenvalue weighted by Crippen LogP contribution is 2.38. The Morgan fingerprint density at radius 1 is 1.00 bits per heavy atom. The molecule has 198 valence electrons. The largest absolute Gasteiger partial charge is 0.494 e. The van der Waals surface area contributed by atoms with Gasteiger partial charge in [-0.3, -0.25) is 4.79 Å². The molecule has 3 aromatic rings. The molecule has 0 amide bonds. The third kappa shape index (κ3) is 7.52. The second-order valence-corrected chi connectivity index (χ2v) is 9.50. The molecule has 1 aliphatic rings. The van der Waals surface area contributed by atoms with Crippen LogP contribution in [0.2, 0.25) is 5.02 Å². The SMILES string of the molecule is O=C(O)CCCN1CC(C(=O)O)Oc2c(/C=C/c3ccc(OCCCc4ccc(Cl)cc4)cc3)cccc21. The van der Waals surface area contributed by atoms with Crippen molar-refractivity contribution in [1.29, 1.82) is 0 Å². The molecule has 0 aromatic heterocycles. The molecule has 3 aromatic carbocycles. The fourth-order valence-electron chi connectivity index (χ4n) is 4.27. The minimum atomic E-state index is -1.05. The summed E-state index contributed by atoms with van der Waals surface area (Å²) in [5.74, 6) is -0.654. The molecule has 7 nitrogen and oxygen atoms in total. The van der Waals surface area contributed by atoms with E-state index in [4.69, 9.17) is 26.2 Å². The summed E-state index contributed by atoms with van der Waals surface area (Å²) in [5, 5.41) is 19.3. The molecule has 0 aliphatic carbocycles. The predicted octanol–water partition coefficient (Wildman–Crippen LogP) is 6.04. The monoisotopic (exact) mass is 535 g/mol. The van der Waals surface area contributed by atoms with Crippen molar-refractivity contribution in [3.63, 3.8) is 0 Å². The minimum Gasteiger partial charge on any atom is -0.494 e. The Bertz CT molecular complexity index is 1270. The van der Waals surface area contributed by atoms with Crippen LogP contribution in [0, 0.1) is 0 Å². The Balaban J connectivity index is 1.38. The van der Waals surface area contributed by atoms with Gasteiger partial charge in [-0.25, -0.2) is 4.79 Å². The zero-order valence-electron chi connectivity index (χ0n) is 20.9. The van der Waals surface area contributed by atoms with E-state index >= 15 is 0 Å². The molecular formula is C30H30ClNO6. The Morgan fingerprint density at radius 3 is 2.47 bits per heavy atom. The number of carbonyl (C=O) groups is 2. The lowest BCUT2D eigenvalue weighted by Crippen LogP contribution is -2.45. The number of carboxylic acids is 2. The molecule has 8 heteroatoms. The van der Waals surface area contributed by atoms with Crippen LogP contribution in [0.5, 0.6) is 11.5 Å². The second-order valence-electron chi connectivity index (χ2n) is 9.06. The Hall–Kier alpha value is -3.97. The maximum Gasteiger partial charge on any atom is 0.346 e. The number of aliphatic carboxylic acids is 2. The summed E-state index contributed by atoms with van der Waals surface area (Å²) in [6, 6.07) is 21.2. The topological polar surface area (TPSA) is 96.3 Å². The fourth-order valence-corrected chi connectivity index (χ4v) is 4.39. The molecule has 0 spiro atoms. The summed E-state index contributed by atoms with van der Waals surface area (Å²) >= 11 is 5.93. The van der Waals surface area contributed by atoms with E-state index in [1.165, 1.54) is 5.56 Å². The number of nitrogens with zero attached hydrogens (tertiary/aromatic N) is 1. The number of halogens is 1. The number of fused-ring (bicyclic) bond motifs is 1. The van der Waals surface area contributed by atoms with Gasteiger partial charge in [-0.05, 0) is 60.7 Å². The fraction of sp³-hybridized carbons (Fsp3) is 0.267. The minimum absolute atomic E-state index is 0.0199. The van der Waals surface area contributed by atoms with Gasteiger partial charge in [0, 0.05) is 23.6 Å². The van der Waals surface area contributed by atoms with Crippen molar-refractivity contribution in [2.45, 2.75) is 31.8 Å². The molecule has 0 radical (unpaired) electrons. The third-order valence-electron chi connectivity index (χ3n) is 6.23. The average molecular weight is 536 g/mol. The van der Waals surface area contributed by atoms with Crippen LogP contribution >= 0.6 is 11.6 Å². The van der Waals surface area contributed by atoms with Gasteiger partial charge in [0.1, 0.15) is 5.75 Å². The zero-order chi connectivity index (χ0) is 26.9. The van der Waals surface area contributed by atoms with E-state index in [1.54, 1.807) is 0 Å². The molecule has 0 bridgehead atoms. The lowest BCUT2D eigenvalue weighted by atomic mass is 10.1. The highest BCUT2D eigenvalue weighted by molar-refractivity contribution is 6.30. The van der Waals surface area contributed by atoms with E-state index in [2.05, 4.69) is 0 Å². The maximum absolute atomic E-state index is 11.7. The van der Waals surface area contributed by atoms with Crippen molar-refractivity contribution in [3.8, 4) is 11.5 Å². The van der Waals surface area contributed by atoms with Crippen molar-refractivity contribution in [2.75, 3.05) is 24.6 Å². The normalized spacial score (nSPS) is 14.7. The van der Waals surface area contributed by atoms with Gasteiger partial charge in [0.2, 0.25) is 6.10 Å². The molecular weight excluding hydrogens is 506 g/mol. The van der Waals surface area contributed by atoms with Gasteiger partial charge in [-0.2, -0.15) is 0 Å². The van der Waals surface area contributed by atoms with E-state index in [-0.39, 0.29) is 13.0 Å². The van der Waals surface area contributed by atoms with Gasteiger partial charge in [0.25, 0.3) is 0 Å². The number of hydrogen-bond acceptors (Lipinski definition) is 5. The molecule has 1 heterocycles. The zero-order valence-corrected chi connectivity index (χ0v) is 21.6. The van der Waals surface area contributed by atoms with E-state index < -0.39 is 18.0 Å². The van der Waals surface area contributed by atoms with Gasteiger partial charge in [0.05, 0.1) is 18.8 Å². The summed E-state index contributed by atoms with van der Waals surface area (Å²) in [5.41, 5.74) is 3.69. The number of rotatable bonds is 12. The summed E-state index contributed by atoms with van der Waals surface area (Å²) < 4.78 is 11.7. The Labute approximate surface area is 226 Å². The number of hydrogen-bond donors (Lipinski definition) is 2. The second kappa shape index (κ2) is 13.0. The summed E-state index contributed by atoms with van der Waals surface area (Å²) in [6.07, 6.45) is 5.04. The predicted molar refractivity (Wildman–Crippen MR) is 148 cm³/mol. The number of para-hydroxylation sites is 1. The van der Waals surface area contributed by atoms with E-state index in [1.807, 2.05) is 83.8 Å². The van der Waals surface area contributed by atoms with Crippen LogP contribution in [0.15, 0.2) is 66.7 Å². The van der Waals surface area contributed by atoms with Gasteiger partial charge >= 0.3 is 11.9 Å². The van der Waals surface area contributed by atoms with Gasteiger partial charge < -0.3 is 24.6 Å². The number of aryl methyl sites for hydroxylation is 1. The molecule has 1 atom stereocenters. The number of benzene rings is 3. The molecule has 1 aliphatic heterocycles. The van der Waals surface area contributed by atoms with Crippen molar-refractivity contribution in [3.05, 3.63) is 88.4 Å². The first-order valence-corrected chi connectivity index (χ1v) is 12.9. The molecule has 0 saturated carbocycles. The van der Waals surface area contributed by atoms with E-state index in [9.17, 15) is 14.7 Å².